The van der Waals surface area contributed by atoms with E-state index in [-0.39, 0.29) is 23.7 Å². The number of urea groups is 1. The van der Waals surface area contributed by atoms with Gasteiger partial charge in [0.15, 0.2) is 0 Å². The summed E-state index contributed by atoms with van der Waals surface area (Å²) in [4.78, 5) is 27.1. The summed E-state index contributed by atoms with van der Waals surface area (Å²) in [7, 11) is 0. The van der Waals surface area contributed by atoms with Crippen LogP contribution in [0.25, 0.3) is 0 Å². The monoisotopic (exact) mass is 396 g/mol. The van der Waals surface area contributed by atoms with Crippen LogP contribution in [0.2, 0.25) is 0 Å². The number of nitrogens with zero attached hydrogens (tertiary/aromatic N) is 1. The summed E-state index contributed by atoms with van der Waals surface area (Å²) in [6.07, 6.45) is 0.698. The van der Waals surface area contributed by atoms with Crippen molar-refractivity contribution in [3.8, 4) is 0 Å². The summed E-state index contributed by atoms with van der Waals surface area (Å²) in [6, 6.07) is 11.0. The van der Waals surface area contributed by atoms with Gasteiger partial charge in [-0.1, -0.05) is 19.1 Å². The van der Waals surface area contributed by atoms with Crippen LogP contribution < -0.4 is 16.0 Å². The molecule has 2 aliphatic rings. The minimum atomic E-state index is -0.380. The molecule has 1 unspecified atom stereocenters. The molecule has 3 amide bonds. The van der Waals surface area contributed by atoms with E-state index in [1.807, 2.05) is 30.0 Å². The van der Waals surface area contributed by atoms with Gasteiger partial charge in [0, 0.05) is 30.4 Å². The molecule has 0 aliphatic carbocycles. The van der Waals surface area contributed by atoms with E-state index in [9.17, 15) is 14.0 Å². The Balaban J connectivity index is 1.42. The Bertz CT molecular complexity index is 912. The standard InChI is InChI=1S/C22H25FN4O2/c1-14(16-11-24-12-16)21(28)27-10-9-19-15(13-27)3-2-4-20(19)26-22(29)25-18-7-5-17(23)6-8-18/h2-8,14,16,24H,9-13H2,1H3,(H2,25,26,29). The molecule has 3 N–H and O–H groups in total. The third kappa shape index (κ3) is 4.24. The summed E-state index contributed by atoms with van der Waals surface area (Å²) >= 11 is 0. The number of nitrogens with one attached hydrogen (secondary N) is 3. The van der Waals surface area contributed by atoms with Crippen molar-refractivity contribution in [1.29, 1.82) is 0 Å². The topological polar surface area (TPSA) is 73.5 Å². The molecule has 0 bridgehead atoms. The zero-order chi connectivity index (χ0) is 20.4. The van der Waals surface area contributed by atoms with E-state index in [0.29, 0.717) is 31.1 Å². The Kier molecular flexibility index (Phi) is 5.49. The Labute approximate surface area is 169 Å². The van der Waals surface area contributed by atoms with E-state index >= 15 is 0 Å². The Morgan fingerprint density at radius 1 is 1.14 bits per heavy atom. The lowest BCUT2D eigenvalue weighted by molar-refractivity contribution is -0.138. The molecule has 7 heteroatoms. The quantitative estimate of drug-likeness (QED) is 0.743. The highest BCUT2D eigenvalue weighted by Gasteiger charge is 2.33. The molecule has 6 nitrogen and oxygen atoms in total. The summed E-state index contributed by atoms with van der Waals surface area (Å²) in [5, 5.41) is 8.81. The molecule has 29 heavy (non-hydrogen) atoms. The molecule has 0 spiro atoms. The van der Waals surface area contributed by atoms with Crippen LogP contribution in [-0.4, -0.2) is 36.5 Å². The average molecular weight is 396 g/mol. The fourth-order valence-electron chi connectivity index (χ4n) is 3.89. The Morgan fingerprint density at radius 2 is 1.90 bits per heavy atom. The van der Waals surface area contributed by atoms with Gasteiger partial charge in [-0.3, -0.25) is 4.79 Å². The second-order valence-corrected chi connectivity index (χ2v) is 7.75. The lowest BCUT2D eigenvalue weighted by Crippen LogP contribution is -2.51. The molecule has 2 aromatic carbocycles. The van der Waals surface area contributed by atoms with Crippen LogP contribution >= 0.6 is 0 Å². The SMILES string of the molecule is CC(C(=O)N1CCc2c(cccc2NC(=O)Nc2ccc(F)cc2)C1)C1CNC1. The second kappa shape index (κ2) is 8.21. The average Bonchev–Trinajstić information content (AvgIpc) is 2.67. The van der Waals surface area contributed by atoms with Crippen LogP contribution in [0.4, 0.5) is 20.6 Å². The molecule has 2 heterocycles. The van der Waals surface area contributed by atoms with Gasteiger partial charge in [-0.25, -0.2) is 9.18 Å². The molecular formula is C22H25FN4O2. The van der Waals surface area contributed by atoms with E-state index in [4.69, 9.17) is 0 Å². The molecule has 2 aliphatic heterocycles. The highest BCUT2D eigenvalue weighted by atomic mass is 19.1. The lowest BCUT2D eigenvalue weighted by atomic mass is 9.87. The smallest absolute Gasteiger partial charge is 0.323 e. The molecule has 1 saturated heterocycles. The number of halogens is 1. The summed E-state index contributed by atoms with van der Waals surface area (Å²) < 4.78 is 13.0. The summed E-state index contributed by atoms with van der Waals surface area (Å²) in [5.41, 5.74) is 3.38. The van der Waals surface area contributed by atoms with Crippen molar-refractivity contribution in [2.45, 2.75) is 19.9 Å². The molecule has 2 aromatic rings. The third-order valence-electron chi connectivity index (χ3n) is 5.84. The second-order valence-electron chi connectivity index (χ2n) is 7.75. The van der Waals surface area contributed by atoms with E-state index in [1.54, 1.807) is 0 Å². The van der Waals surface area contributed by atoms with E-state index in [1.165, 1.54) is 24.3 Å². The molecule has 1 fully saturated rings. The first-order valence-electron chi connectivity index (χ1n) is 9.95. The fourth-order valence-corrected chi connectivity index (χ4v) is 3.89. The Hall–Kier alpha value is -2.93. The van der Waals surface area contributed by atoms with Gasteiger partial charge in [0.2, 0.25) is 5.91 Å². The molecule has 0 saturated carbocycles. The summed E-state index contributed by atoms with van der Waals surface area (Å²) in [6.45, 7) is 5.05. The first-order valence-corrected chi connectivity index (χ1v) is 9.95. The van der Waals surface area contributed by atoms with E-state index < -0.39 is 0 Å². The highest BCUT2D eigenvalue weighted by Crippen LogP contribution is 2.28. The van der Waals surface area contributed by atoms with Gasteiger partial charge < -0.3 is 20.9 Å². The number of hydrogen-bond donors (Lipinski definition) is 3. The molecule has 1 atom stereocenters. The lowest BCUT2D eigenvalue weighted by Gasteiger charge is -2.37. The predicted octanol–water partition coefficient (Wildman–Crippen LogP) is 3.21. The van der Waals surface area contributed by atoms with Gasteiger partial charge in [-0.2, -0.15) is 0 Å². The first-order chi connectivity index (χ1) is 14.0. The number of fused-ring (bicyclic) bond motifs is 1. The number of hydrogen-bond acceptors (Lipinski definition) is 3. The van der Waals surface area contributed by atoms with Crippen molar-refractivity contribution >= 4 is 23.3 Å². The van der Waals surface area contributed by atoms with Crippen LogP contribution in [0.1, 0.15) is 18.1 Å². The zero-order valence-electron chi connectivity index (χ0n) is 16.4. The molecule has 0 aromatic heterocycles. The van der Waals surface area contributed by atoms with Crippen LogP contribution in [0.3, 0.4) is 0 Å². The number of rotatable bonds is 4. The van der Waals surface area contributed by atoms with Crippen LogP contribution in [-0.2, 0) is 17.8 Å². The van der Waals surface area contributed by atoms with E-state index in [0.717, 1.165) is 29.9 Å². The fraction of sp³-hybridized carbons (Fsp3) is 0.364. The van der Waals surface area contributed by atoms with Crippen LogP contribution in [0, 0.1) is 17.7 Å². The van der Waals surface area contributed by atoms with Crippen molar-refractivity contribution < 1.29 is 14.0 Å². The van der Waals surface area contributed by atoms with Gasteiger partial charge in [0.1, 0.15) is 5.82 Å². The van der Waals surface area contributed by atoms with Crippen LogP contribution in [0.5, 0.6) is 0 Å². The van der Waals surface area contributed by atoms with Gasteiger partial charge in [0.25, 0.3) is 0 Å². The first kappa shape index (κ1) is 19.4. The predicted molar refractivity (Wildman–Crippen MR) is 110 cm³/mol. The van der Waals surface area contributed by atoms with Crippen LogP contribution in [0.15, 0.2) is 42.5 Å². The molecule has 152 valence electrons. The van der Waals surface area contributed by atoms with Crippen molar-refractivity contribution in [2.24, 2.45) is 11.8 Å². The number of carbonyl (C=O) groups is 2. The Morgan fingerprint density at radius 3 is 2.59 bits per heavy atom. The van der Waals surface area contributed by atoms with Crippen molar-refractivity contribution in [3.63, 3.8) is 0 Å². The van der Waals surface area contributed by atoms with Gasteiger partial charge >= 0.3 is 6.03 Å². The minimum Gasteiger partial charge on any atom is -0.338 e. The normalized spacial score (nSPS) is 17.1. The maximum absolute atomic E-state index is 13.0. The molecule has 4 rings (SSSR count). The van der Waals surface area contributed by atoms with Gasteiger partial charge in [0.05, 0.1) is 0 Å². The van der Waals surface area contributed by atoms with Crippen molar-refractivity contribution in [3.05, 3.63) is 59.4 Å². The maximum Gasteiger partial charge on any atom is 0.323 e. The molecule has 0 radical (unpaired) electrons. The largest absolute Gasteiger partial charge is 0.338 e. The van der Waals surface area contributed by atoms with E-state index in [2.05, 4.69) is 16.0 Å². The van der Waals surface area contributed by atoms with Crippen molar-refractivity contribution in [2.75, 3.05) is 30.3 Å². The summed E-state index contributed by atoms with van der Waals surface area (Å²) in [5.74, 6) is 0.303. The number of benzene rings is 2. The minimum absolute atomic E-state index is 0.0283. The zero-order valence-corrected chi connectivity index (χ0v) is 16.4. The number of carbonyl (C=O) groups excluding carboxylic acids is 2. The molecular weight excluding hydrogens is 371 g/mol. The van der Waals surface area contributed by atoms with Gasteiger partial charge in [-0.05, 0) is 66.9 Å². The maximum atomic E-state index is 13.0. The van der Waals surface area contributed by atoms with Gasteiger partial charge in [-0.15, -0.1) is 0 Å². The number of anilines is 2. The number of amides is 3. The third-order valence-corrected chi connectivity index (χ3v) is 5.84. The highest BCUT2D eigenvalue weighted by molar-refractivity contribution is 6.00. The van der Waals surface area contributed by atoms with Crippen molar-refractivity contribution in [1.82, 2.24) is 10.2 Å².